The molecule has 0 radical (unpaired) electrons. The largest absolute Gasteiger partial charge is 0.384 e. The molecule has 3 aromatic rings. The van der Waals surface area contributed by atoms with Crippen molar-refractivity contribution < 1.29 is 5.11 Å². The van der Waals surface area contributed by atoms with Gasteiger partial charge >= 0.3 is 0 Å². The summed E-state index contributed by atoms with van der Waals surface area (Å²) in [5, 5.41) is 11.6. The van der Waals surface area contributed by atoms with Gasteiger partial charge in [-0.15, -0.1) is 0 Å². The lowest BCUT2D eigenvalue weighted by Gasteiger charge is -2.15. The van der Waals surface area contributed by atoms with E-state index in [1.165, 1.54) is 0 Å². The van der Waals surface area contributed by atoms with E-state index in [1.807, 2.05) is 49.4 Å². The third-order valence-electron chi connectivity index (χ3n) is 3.32. The van der Waals surface area contributed by atoms with E-state index in [0.29, 0.717) is 0 Å². The third-order valence-corrected chi connectivity index (χ3v) is 3.32. The molecule has 1 aromatic carbocycles. The molecule has 19 heavy (non-hydrogen) atoms. The molecule has 1 atom stereocenters. The van der Waals surface area contributed by atoms with E-state index in [2.05, 4.69) is 9.97 Å². The highest BCUT2D eigenvalue weighted by Crippen LogP contribution is 2.28. The zero-order chi connectivity index (χ0) is 13.2. The van der Waals surface area contributed by atoms with Gasteiger partial charge in [-0.05, 0) is 30.7 Å². The minimum Gasteiger partial charge on any atom is -0.384 e. The number of benzene rings is 1. The lowest BCUT2D eigenvalue weighted by Crippen LogP contribution is -2.04. The summed E-state index contributed by atoms with van der Waals surface area (Å²) in [5.41, 5.74) is 3.43. The van der Waals surface area contributed by atoms with Gasteiger partial charge in [-0.2, -0.15) is 0 Å². The van der Waals surface area contributed by atoms with Crippen LogP contribution in [0.1, 0.15) is 22.9 Å². The molecule has 0 aliphatic heterocycles. The van der Waals surface area contributed by atoms with Crippen molar-refractivity contribution >= 4 is 10.9 Å². The maximum absolute atomic E-state index is 10.6. The van der Waals surface area contributed by atoms with E-state index in [4.69, 9.17) is 0 Å². The maximum atomic E-state index is 10.6. The minimum atomic E-state index is -0.679. The number of aliphatic hydroxyl groups is 1. The van der Waals surface area contributed by atoms with Crippen LogP contribution in [0, 0.1) is 6.92 Å². The van der Waals surface area contributed by atoms with E-state index in [-0.39, 0.29) is 0 Å². The van der Waals surface area contributed by atoms with Gasteiger partial charge < -0.3 is 5.11 Å². The number of hydrogen-bond donors (Lipinski definition) is 1. The Hall–Kier alpha value is -2.26. The zero-order valence-electron chi connectivity index (χ0n) is 10.6. The van der Waals surface area contributed by atoms with Crippen molar-refractivity contribution in [2.75, 3.05) is 0 Å². The van der Waals surface area contributed by atoms with Crippen LogP contribution in [-0.2, 0) is 0 Å². The summed E-state index contributed by atoms with van der Waals surface area (Å²) in [6.07, 6.45) is 2.81. The second-order valence-electron chi connectivity index (χ2n) is 4.50. The van der Waals surface area contributed by atoms with Gasteiger partial charge in [0.15, 0.2) is 0 Å². The number of rotatable bonds is 2. The Bertz CT molecular complexity index is 719. The number of aromatic nitrogens is 2. The summed E-state index contributed by atoms with van der Waals surface area (Å²) < 4.78 is 0. The van der Waals surface area contributed by atoms with Crippen LogP contribution in [0.5, 0.6) is 0 Å². The highest BCUT2D eigenvalue weighted by Gasteiger charge is 2.15. The number of pyridine rings is 2. The van der Waals surface area contributed by atoms with E-state index in [1.54, 1.807) is 12.4 Å². The normalized spacial score (nSPS) is 12.5. The molecule has 3 rings (SSSR count). The van der Waals surface area contributed by atoms with Crippen LogP contribution in [0.2, 0.25) is 0 Å². The molecule has 0 fully saturated rings. The molecule has 0 saturated carbocycles. The van der Waals surface area contributed by atoms with Gasteiger partial charge in [-0.25, -0.2) is 0 Å². The quantitative estimate of drug-likeness (QED) is 0.760. The summed E-state index contributed by atoms with van der Waals surface area (Å²) >= 11 is 0. The number of hydrogen-bond acceptors (Lipinski definition) is 3. The monoisotopic (exact) mass is 250 g/mol. The highest BCUT2D eigenvalue weighted by molar-refractivity contribution is 5.82. The third kappa shape index (κ3) is 2.09. The molecule has 3 nitrogen and oxygen atoms in total. The Kier molecular flexibility index (Phi) is 2.97. The lowest BCUT2D eigenvalue weighted by atomic mass is 9.97. The van der Waals surface area contributed by atoms with Gasteiger partial charge in [0, 0.05) is 29.0 Å². The van der Waals surface area contributed by atoms with Crippen LogP contribution in [-0.4, -0.2) is 15.1 Å². The predicted molar refractivity (Wildman–Crippen MR) is 74.8 cm³/mol. The molecule has 3 heteroatoms. The molecule has 0 bridgehead atoms. The molecule has 1 unspecified atom stereocenters. The first-order valence-corrected chi connectivity index (χ1v) is 6.20. The number of aliphatic hydroxyl groups excluding tert-OH is 1. The Morgan fingerprint density at radius 2 is 1.63 bits per heavy atom. The molecule has 1 N–H and O–H groups in total. The van der Waals surface area contributed by atoms with Gasteiger partial charge in [-0.1, -0.05) is 24.3 Å². The average molecular weight is 250 g/mol. The van der Waals surface area contributed by atoms with Crippen molar-refractivity contribution in [3.05, 3.63) is 71.7 Å². The Morgan fingerprint density at radius 3 is 2.47 bits per heavy atom. The van der Waals surface area contributed by atoms with Gasteiger partial charge in [0.1, 0.15) is 6.10 Å². The SMILES string of the molecule is Cc1ncccc1C(O)c1cccc2ncccc12. The van der Waals surface area contributed by atoms with Crippen molar-refractivity contribution in [2.24, 2.45) is 0 Å². The first kappa shape index (κ1) is 11.8. The fraction of sp³-hybridized carbons (Fsp3) is 0.125. The topological polar surface area (TPSA) is 46.0 Å². The van der Waals surface area contributed by atoms with E-state index in [9.17, 15) is 5.11 Å². The van der Waals surface area contributed by atoms with E-state index < -0.39 is 6.10 Å². The van der Waals surface area contributed by atoms with Crippen LogP contribution >= 0.6 is 0 Å². The fourth-order valence-corrected chi connectivity index (χ4v) is 2.32. The second-order valence-corrected chi connectivity index (χ2v) is 4.50. The first-order valence-electron chi connectivity index (χ1n) is 6.20. The van der Waals surface area contributed by atoms with Crippen molar-refractivity contribution in [3.63, 3.8) is 0 Å². The summed E-state index contributed by atoms with van der Waals surface area (Å²) in [7, 11) is 0. The van der Waals surface area contributed by atoms with Crippen LogP contribution in [0.25, 0.3) is 10.9 Å². The molecule has 2 heterocycles. The van der Waals surface area contributed by atoms with Crippen molar-refractivity contribution in [1.29, 1.82) is 0 Å². The molecule has 0 aliphatic rings. The fourth-order valence-electron chi connectivity index (χ4n) is 2.32. The number of aryl methyl sites for hydroxylation is 1. The van der Waals surface area contributed by atoms with Crippen molar-refractivity contribution in [2.45, 2.75) is 13.0 Å². The van der Waals surface area contributed by atoms with Crippen molar-refractivity contribution in [3.8, 4) is 0 Å². The molecule has 0 aliphatic carbocycles. The Labute approximate surface area is 111 Å². The molecule has 2 aromatic heterocycles. The van der Waals surface area contributed by atoms with Gasteiger partial charge in [0.05, 0.1) is 5.52 Å². The maximum Gasteiger partial charge on any atom is 0.106 e. The smallest absolute Gasteiger partial charge is 0.106 e. The van der Waals surface area contributed by atoms with Crippen LogP contribution in [0.15, 0.2) is 54.9 Å². The zero-order valence-corrected chi connectivity index (χ0v) is 10.6. The van der Waals surface area contributed by atoms with E-state index >= 15 is 0 Å². The molecular weight excluding hydrogens is 236 g/mol. The minimum absolute atomic E-state index is 0.679. The van der Waals surface area contributed by atoms with Crippen LogP contribution in [0.4, 0.5) is 0 Å². The van der Waals surface area contributed by atoms with Gasteiger partial charge in [-0.3, -0.25) is 9.97 Å². The van der Waals surface area contributed by atoms with E-state index in [0.717, 1.165) is 27.7 Å². The Morgan fingerprint density at radius 1 is 0.895 bits per heavy atom. The molecule has 0 saturated heterocycles. The summed E-state index contributed by atoms with van der Waals surface area (Å²) in [5.74, 6) is 0. The molecule has 0 amide bonds. The standard InChI is InChI=1S/C16H14N2O/c1-11-12(6-3-9-17-11)16(19)14-5-2-8-15-13(14)7-4-10-18-15/h2-10,16,19H,1H3. The highest BCUT2D eigenvalue weighted by atomic mass is 16.3. The first-order chi connectivity index (χ1) is 9.27. The summed E-state index contributed by atoms with van der Waals surface area (Å²) in [6, 6.07) is 13.4. The number of fused-ring (bicyclic) bond motifs is 1. The van der Waals surface area contributed by atoms with Gasteiger partial charge in [0.2, 0.25) is 0 Å². The summed E-state index contributed by atoms with van der Waals surface area (Å²) in [6.45, 7) is 1.90. The molecule has 94 valence electrons. The molecular formula is C16H14N2O. The average Bonchev–Trinajstić information content (AvgIpc) is 2.46. The van der Waals surface area contributed by atoms with Gasteiger partial charge in [0.25, 0.3) is 0 Å². The molecule has 0 spiro atoms. The number of nitrogens with zero attached hydrogens (tertiary/aromatic N) is 2. The predicted octanol–water partition coefficient (Wildman–Crippen LogP) is 3.02. The van der Waals surface area contributed by atoms with Crippen LogP contribution in [0.3, 0.4) is 0 Å². The van der Waals surface area contributed by atoms with Crippen LogP contribution < -0.4 is 0 Å². The lowest BCUT2D eigenvalue weighted by molar-refractivity contribution is 0.220. The second kappa shape index (κ2) is 4.78. The van der Waals surface area contributed by atoms with Crippen molar-refractivity contribution in [1.82, 2.24) is 9.97 Å². The summed E-state index contributed by atoms with van der Waals surface area (Å²) in [4.78, 5) is 8.54. The Balaban J connectivity index is 2.17.